The van der Waals surface area contributed by atoms with Gasteiger partial charge in [0.25, 0.3) is 0 Å². The molecule has 2 nitrogen and oxygen atoms in total. The van der Waals surface area contributed by atoms with Gasteiger partial charge in [0.15, 0.2) is 0 Å². The van der Waals surface area contributed by atoms with Crippen LogP contribution in [0.5, 0.6) is 0 Å². The van der Waals surface area contributed by atoms with Crippen LogP contribution in [0.3, 0.4) is 0 Å². The van der Waals surface area contributed by atoms with E-state index >= 15 is 0 Å². The molecule has 2 N–H and O–H groups in total. The Hall–Kier alpha value is -1.80. The Morgan fingerprint density at radius 2 is 1.81 bits per heavy atom. The van der Waals surface area contributed by atoms with Crippen molar-refractivity contribution in [1.29, 1.82) is 0 Å². The van der Waals surface area contributed by atoms with E-state index in [-0.39, 0.29) is 0 Å². The average Bonchev–Trinajstić information content (AvgIpc) is 2.33. The molecular formula is C14H15NO. The van der Waals surface area contributed by atoms with Gasteiger partial charge in [0.1, 0.15) is 0 Å². The van der Waals surface area contributed by atoms with Crippen LogP contribution in [0, 0.1) is 0 Å². The molecule has 0 amide bonds. The molecule has 16 heavy (non-hydrogen) atoms. The second kappa shape index (κ2) is 4.81. The molecule has 0 aliphatic rings. The van der Waals surface area contributed by atoms with Crippen LogP contribution in [-0.2, 0) is 11.3 Å². The van der Waals surface area contributed by atoms with E-state index in [1.165, 1.54) is 5.56 Å². The molecule has 2 rings (SSSR count). The van der Waals surface area contributed by atoms with Gasteiger partial charge < -0.3 is 10.5 Å². The number of hydrogen-bond donors (Lipinski definition) is 1. The zero-order valence-electron chi connectivity index (χ0n) is 9.31. The molecule has 2 heteroatoms. The second-order valence-corrected chi connectivity index (χ2v) is 3.72. The lowest BCUT2D eigenvalue weighted by Crippen LogP contribution is -1.94. The van der Waals surface area contributed by atoms with E-state index in [0.717, 1.165) is 16.8 Å². The molecule has 2 aromatic carbocycles. The lowest BCUT2D eigenvalue weighted by molar-refractivity contribution is 0.185. The van der Waals surface area contributed by atoms with Crippen LogP contribution >= 0.6 is 0 Å². The third-order valence-electron chi connectivity index (χ3n) is 2.52. The first-order valence-electron chi connectivity index (χ1n) is 5.24. The minimum absolute atomic E-state index is 0.602. The molecule has 0 saturated carbocycles. The minimum Gasteiger partial charge on any atom is -0.399 e. The lowest BCUT2D eigenvalue weighted by atomic mass is 9.99. The second-order valence-electron chi connectivity index (χ2n) is 3.72. The number of rotatable bonds is 3. The number of nitrogen functional groups attached to an aromatic ring is 1. The van der Waals surface area contributed by atoms with Gasteiger partial charge in [0, 0.05) is 12.8 Å². The normalized spacial score (nSPS) is 10.3. The van der Waals surface area contributed by atoms with E-state index in [0.29, 0.717) is 6.61 Å². The Kier molecular flexibility index (Phi) is 3.22. The van der Waals surface area contributed by atoms with Crippen molar-refractivity contribution in [1.82, 2.24) is 0 Å². The summed E-state index contributed by atoms with van der Waals surface area (Å²) < 4.78 is 5.19. The van der Waals surface area contributed by atoms with Crippen LogP contribution in [0.2, 0.25) is 0 Å². The van der Waals surface area contributed by atoms with Crippen LogP contribution in [0.4, 0.5) is 5.69 Å². The lowest BCUT2D eigenvalue weighted by Gasteiger charge is -2.10. The average molecular weight is 213 g/mol. The molecule has 0 bridgehead atoms. The van der Waals surface area contributed by atoms with Gasteiger partial charge in [0.2, 0.25) is 0 Å². The summed E-state index contributed by atoms with van der Waals surface area (Å²) in [4.78, 5) is 0. The van der Waals surface area contributed by atoms with Crippen LogP contribution in [0.15, 0.2) is 48.5 Å². The Bertz CT molecular complexity index is 465. The van der Waals surface area contributed by atoms with Gasteiger partial charge in [-0.3, -0.25) is 0 Å². The molecule has 0 aliphatic heterocycles. The summed E-state index contributed by atoms with van der Waals surface area (Å²) in [5, 5.41) is 0. The van der Waals surface area contributed by atoms with Crippen molar-refractivity contribution >= 4 is 5.69 Å². The predicted octanol–water partition coefficient (Wildman–Crippen LogP) is 3.08. The third kappa shape index (κ3) is 2.23. The number of anilines is 1. The first-order valence-corrected chi connectivity index (χ1v) is 5.24. The monoisotopic (exact) mass is 213 g/mol. The summed E-state index contributed by atoms with van der Waals surface area (Å²) in [6, 6.07) is 16.1. The van der Waals surface area contributed by atoms with Crippen molar-refractivity contribution in [2.24, 2.45) is 0 Å². The Balaban J connectivity index is 2.49. The molecule has 0 radical (unpaired) electrons. The molecule has 0 spiro atoms. The number of nitrogens with two attached hydrogens (primary N) is 1. The number of ether oxygens (including phenoxy) is 1. The molecule has 0 aliphatic carbocycles. The van der Waals surface area contributed by atoms with Gasteiger partial charge in [-0.15, -0.1) is 0 Å². The first kappa shape index (κ1) is 10.7. The summed E-state index contributed by atoms with van der Waals surface area (Å²) >= 11 is 0. The summed E-state index contributed by atoms with van der Waals surface area (Å²) in [6.07, 6.45) is 0. The smallest absolute Gasteiger partial charge is 0.0719 e. The molecule has 0 aromatic heterocycles. The molecule has 82 valence electrons. The summed E-state index contributed by atoms with van der Waals surface area (Å²) in [6.45, 7) is 0.602. The highest BCUT2D eigenvalue weighted by atomic mass is 16.5. The van der Waals surface area contributed by atoms with Gasteiger partial charge >= 0.3 is 0 Å². The maximum atomic E-state index is 5.82. The largest absolute Gasteiger partial charge is 0.399 e. The SMILES string of the molecule is COCc1ccc(N)cc1-c1ccccc1. The molecule has 0 atom stereocenters. The Labute approximate surface area is 95.7 Å². The highest BCUT2D eigenvalue weighted by molar-refractivity contribution is 5.70. The summed E-state index contributed by atoms with van der Waals surface area (Å²) in [5.74, 6) is 0. The Morgan fingerprint density at radius 3 is 2.50 bits per heavy atom. The molecule has 0 saturated heterocycles. The highest BCUT2D eigenvalue weighted by Gasteiger charge is 2.04. The molecule has 2 aromatic rings. The van der Waals surface area contributed by atoms with Crippen LogP contribution in [0.25, 0.3) is 11.1 Å². The molecule has 0 heterocycles. The van der Waals surface area contributed by atoms with E-state index in [2.05, 4.69) is 12.1 Å². The number of benzene rings is 2. The van der Waals surface area contributed by atoms with Gasteiger partial charge in [-0.1, -0.05) is 36.4 Å². The van der Waals surface area contributed by atoms with E-state index in [4.69, 9.17) is 10.5 Å². The van der Waals surface area contributed by atoms with E-state index in [1.807, 2.05) is 36.4 Å². The first-order chi connectivity index (χ1) is 7.81. The van der Waals surface area contributed by atoms with Crippen molar-refractivity contribution in [3.8, 4) is 11.1 Å². The molecular weight excluding hydrogens is 198 g/mol. The maximum absolute atomic E-state index is 5.82. The third-order valence-corrected chi connectivity index (χ3v) is 2.52. The summed E-state index contributed by atoms with van der Waals surface area (Å²) in [5.41, 5.74) is 10.1. The van der Waals surface area contributed by atoms with Gasteiger partial charge in [0.05, 0.1) is 6.61 Å². The van der Waals surface area contributed by atoms with E-state index in [1.54, 1.807) is 7.11 Å². The van der Waals surface area contributed by atoms with E-state index in [9.17, 15) is 0 Å². The van der Waals surface area contributed by atoms with Crippen molar-refractivity contribution in [3.05, 3.63) is 54.1 Å². The maximum Gasteiger partial charge on any atom is 0.0719 e. The zero-order valence-corrected chi connectivity index (χ0v) is 9.31. The van der Waals surface area contributed by atoms with Crippen LogP contribution < -0.4 is 5.73 Å². The number of methoxy groups -OCH3 is 1. The fourth-order valence-electron chi connectivity index (χ4n) is 1.76. The highest BCUT2D eigenvalue weighted by Crippen LogP contribution is 2.26. The zero-order chi connectivity index (χ0) is 11.4. The Morgan fingerprint density at radius 1 is 1.06 bits per heavy atom. The van der Waals surface area contributed by atoms with Crippen molar-refractivity contribution in [2.75, 3.05) is 12.8 Å². The topological polar surface area (TPSA) is 35.2 Å². The quantitative estimate of drug-likeness (QED) is 0.795. The van der Waals surface area contributed by atoms with Gasteiger partial charge in [-0.05, 0) is 28.8 Å². The number of hydrogen-bond acceptors (Lipinski definition) is 2. The molecule has 0 unspecified atom stereocenters. The van der Waals surface area contributed by atoms with Crippen molar-refractivity contribution in [2.45, 2.75) is 6.61 Å². The fourth-order valence-corrected chi connectivity index (χ4v) is 1.76. The van der Waals surface area contributed by atoms with E-state index < -0.39 is 0 Å². The fraction of sp³-hybridized carbons (Fsp3) is 0.143. The van der Waals surface area contributed by atoms with Crippen LogP contribution in [0.1, 0.15) is 5.56 Å². The van der Waals surface area contributed by atoms with Crippen LogP contribution in [-0.4, -0.2) is 7.11 Å². The van der Waals surface area contributed by atoms with Gasteiger partial charge in [-0.2, -0.15) is 0 Å². The predicted molar refractivity (Wildman–Crippen MR) is 67.0 cm³/mol. The summed E-state index contributed by atoms with van der Waals surface area (Å²) in [7, 11) is 1.70. The van der Waals surface area contributed by atoms with Gasteiger partial charge in [-0.25, -0.2) is 0 Å². The van der Waals surface area contributed by atoms with Crippen molar-refractivity contribution < 1.29 is 4.74 Å². The standard InChI is InChI=1S/C14H15NO/c1-16-10-12-7-8-13(15)9-14(12)11-5-3-2-4-6-11/h2-9H,10,15H2,1H3. The van der Waals surface area contributed by atoms with Crippen molar-refractivity contribution in [3.63, 3.8) is 0 Å². The minimum atomic E-state index is 0.602. The molecule has 0 fully saturated rings.